The molecule has 3 rings (SSSR count). The van der Waals surface area contributed by atoms with Gasteiger partial charge in [0.05, 0.1) is 0 Å². The van der Waals surface area contributed by atoms with Gasteiger partial charge in [0.2, 0.25) is 5.91 Å². The Labute approximate surface area is 199 Å². The molecule has 0 aliphatic rings. The van der Waals surface area contributed by atoms with Crippen LogP contribution >= 0.6 is 0 Å². The lowest BCUT2D eigenvalue weighted by atomic mass is 9.96. The lowest BCUT2D eigenvalue weighted by molar-refractivity contribution is -0.119. The molecule has 176 valence electrons. The van der Waals surface area contributed by atoms with Gasteiger partial charge in [-0.05, 0) is 105 Å². The van der Waals surface area contributed by atoms with Crippen LogP contribution in [0.5, 0.6) is 0 Å². The van der Waals surface area contributed by atoms with Crippen LogP contribution in [0.3, 0.4) is 0 Å². The molecule has 4 heteroatoms. The maximum Gasteiger partial charge on any atom is 0.227 e. The summed E-state index contributed by atoms with van der Waals surface area (Å²) in [5.74, 6) is -0.0385. The van der Waals surface area contributed by atoms with E-state index in [9.17, 15) is 4.79 Å². The lowest BCUT2D eigenvalue weighted by Gasteiger charge is -2.14. The van der Waals surface area contributed by atoms with E-state index < -0.39 is 0 Å². The highest BCUT2D eigenvalue weighted by molar-refractivity contribution is 5.92. The molecule has 0 unspecified atom stereocenters. The molecule has 0 radical (unpaired) electrons. The second-order valence-electron chi connectivity index (χ2n) is 9.46. The SMILES string of the molecule is C[C@@H](Cc1ccc2cc(CCCCN)ccc2c1)C(=O)Nc1ccc(CCCN(C)C)cc1. The zero-order valence-electron chi connectivity index (χ0n) is 20.4. The first-order chi connectivity index (χ1) is 15.9. The number of rotatable bonds is 12. The summed E-state index contributed by atoms with van der Waals surface area (Å²) in [5, 5.41) is 5.56. The third-order valence-corrected chi connectivity index (χ3v) is 6.17. The van der Waals surface area contributed by atoms with Gasteiger partial charge in [0.25, 0.3) is 0 Å². The molecule has 0 heterocycles. The van der Waals surface area contributed by atoms with Crippen molar-refractivity contribution in [3.63, 3.8) is 0 Å². The maximum absolute atomic E-state index is 12.8. The summed E-state index contributed by atoms with van der Waals surface area (Å²) >= 11 is 0. The number of amides is 1. The fourth-order valence-electron chi connectivity index (χ4n) is 4.17. The number of fused-ring (bicyclic) bond motifs is 1. The molecule has 0 aromatic heterocycles. The van der Waals surface area contributed by atoms with Gasteiger partial charge in [-0.25, -0.2) is 0 Å². The van der Waals surface area contributed by atoms with Crippen molar-refractivity contribution in [1.29, 1.82) is 0 Å². The predicted octanol–water partition coefficient (Wildman–Crippen LogP) is 5.43. The minimum Gasteiger partial charge on any atom is -0.330 e. The number of nitrogens with one attached hydrogen (secondary N) is 1. The lowest BCUT2D eigenvalue weighted by Crippen LogP contribution is -2.22. The third kappa shape index (κ3) is 7.99. The number of nitrogens with zero attached hydrogens (tertiary/aromatic N) is 1. The molecule has 3 N–H and O–H groups in total. The number of aryl methyl sites for hydroxylation is 2. The van der Waals surface area contributed by atoms with E-state index in [2.05, 4.69) is 72.8 Å². The molecule has 1 atom stereocenters. The molecular formula is C29H39N3O. The Morgan fingerprint density at radius 1 is 0.848 bits per heavy atom. The second-order valence-corrected chi connectivity index (χ2v) is 9.46. The van der Waals surface area contributed by atoms with Crippen molar-refractivity contribution in [2.24, 2.45) is 11.7 Å². The standard InChI is InChI=1S/C29H39N3O/c1-22(29(33)31-28-15-11-23(12-16-28)8-6-18-32(2)3)19-25-10-14-26-20-24(7-4-5-17-30)9-13-27(26)21-25/h9-16,20-22H,4-8,17-19,30H2,1-3H3,(H,31,33)/t22-/m0/s1. The van der Waals surface area contributed by atoms with Crippen LogP contribution in [0.15, 0.2) is 60.7 Å². The molecule has 0 saturated carbocycles. The van der Waals surface area contributed by atoms with Crippen LogP contribution in [0.1, 0.15) is 42.9 Å². The molecule has 0 spiro atoms. The molecule has 0 aliphatic heterocycles. The van der Waals surface area contributed by atoms with E-state index in [0.29, 0.717) is 0 Å². The van der Waals surface area contributed by atoms with Crippen LogP contribution in [0.4, 0.5) is 5.69 Å². The molecule has 0 saturated heterocycles. The van der Waals surface area contributed by atoms with Crippen molar-refractivity contribution >= 4 is 22.4 Å². The number of carbonyl (C=O) groups excluding carboxylic acids is 1. The fourth-order valence-corrected chi connectivity index (χ4v) is 4.17. The van der Waals surface area contributed by atoms with Gasteiger partial charge < -0.3 is 16.0 Å². The average Bonchev–Trinajstić information content (AvgIpc) is 2.80. The van der Waals surface area contributed by atoms with E-state index >= 15 is 0 Å². The molecule has 0 bridgehead atoms. The first kappa shape index (κ1) is 24.9. The number of hydrogen-bond donors (Lipinski definition) is 2. The first-order valence-corrected chi connectivity index (χ1v) is 12.2. The Hall–Kier alpha value is -2.69. The van der Waals surface area contributed by atoms with Crippen LogP contribution in [0, 0.1) is 5.92 Å². The second kappa shape index (κ2) is 12.5. The topological polar surface area (TPSA) is 58.4 Å². The molecule has 0 fully saturated rings. The van der Waals surface area contributed by atoms with Crippen LogP contribution in [-0.4, -0.2) is 38.0 Å². The Balaban J connectivity index is 1.53. The van der Waals surface area contributed by atoms with E-state index in [4.69, 9.17) is 5.73 Å². The van der Waals surface area contributed by atoms with Gasteiger partial charge in [-0.2, -0.15) is 0 Å². The molecule has 1 amide bonds. The number of unbranched alkanes of at least 4 members (excludes halogenated alkanes) is 1. The van der Waals surface area contributed by atoms with Gasteiger partial charge in [0.15, 0.2) is 0 Å². The summed E-state index contributed by atoms with van der Waals surface area (Å²) in [7, 11) is 4.19. The minimum atomic E-state index is -0.0993. The van der Waals surface area contributed by atoms with E-state index in [0.717, 1.165) is 57.3 Å². The average molecular weight is 446 g/mol. The van der Waals surface area contributed by atoms with Gasteiger partial charge in [-0.15, -0.1) is 0 Å². The summed E-state index contributed by atoms with van der Waals surface area (Å²) in [6.45, 7) is 3.83. The van der Waals surface area contributed by atoms with Crippen LogP contribution in [-0.2, 0) is 24.1 Å². The van der Waals surface area contributed by atoms with Crippen LogP contribution < -0.4 is 11.1 Å². The fraction of sp³-hybridized carbons (Fsp3) is 0.414. The molecule has 3 aromatic rings. The highest BCUT2D eigenvalue weighted by Gasteiger charge is 2.14. The van der Waals surface area contributed by atoms with E-state index in [-0.39, 0.29) is 11.8 Å². The Morgan fingerprint density at radius 2 is 1.45 bits per heavy atom. The van der Waals surface area contributed by atoms with Gasteiger partial charge in [0.1, 0.15) is 0 Å². The van der Waals surface area contributed by atoms with Crippen molar-refractivity contribution in [2.75, 3.05) is 32.5 Å². The van der Waals surface area contributed by atoms with E-state index in [1.165, 1.54) is 27.5 Å². The number of hydrogen-bond acceptors (Lipinski definition) is 3. The summed E-state index contributed by atoms with van der Waals surface area (Å²) in [6, 6.07) is 21.5. The summed E-state index contributed by atoms with van der Waals surface area (Å²) in [5.41, 5.74) is 10.3. The maximum atomic E-state index is 12.8. The Morgan fingerprint density at radius 3 is 2.12 bits per heavy atom. The van der Waals surface area contributed by atoms with Gasteiger partial charge in [-0.3, -0.25) is 4.79 Å². The number of nitrogens with two attached hydrogens (primary N) is 1. The van der Waals surface area contributed by atoms with Crippen LogP contribution in [0.25, 0.3) is 10.8 Å². The Bertz CT molecular complexity index is 1030. The highest BCUT2D eigenvalue weighted by Crippen LogP contribution is 2.21. The molecular weight excluding hydrogens is 406 g/mol. The van der Waals surface area contributed by atoms with E-state index in [1.54, 1.807) is 0 Å². The smallest absolute Gasteiger partial charge is 0.227 e. The summed E-state index contributed by atoms with van der Waals surface area (Å²) in [6.07, 6.45) is 6.19. The van der Waals surface area contributed by atoms with Crippen molar-refractivity contribution in [1.82, 2.24) is 4.90 Å². The normalized spacial score (nSPS) is 12.3. The van der Waals surface area contributed by atoms with Crippen molar-refractivity contribution in [3.8, 4) is 0 Å². The minimum absolute atomic E-state index is 0.0608. The Kier molecular flexibility index (Phi) is 9.47. The number of carbonyl (C=O) groups is 1. The van der Waals surface area contributed by atoms with Crippen LogP contribution in [0.2, 0.25) is 0 Å². The molecule has 4 nitrogen and oxygen atoms in total. The third-order valence-electron chi connectivity index (χ3n) is 6.17. The molecule has 3 aromatic carbocycles. The predicted molar refractivity (Wildman–Crippen MR) is 141 cm³/mol. The summed E-state index contributed by atoms with van der Waals surface area (Å²) < 4.78 is 0. The number of benzene rings is 3. The quantitative estimate of drug-likeness (QED) is 0.365. The van der Waals surface area contributed by atoms with Crippen molar-refractivity contribution < 1.29 is 4.79 Å². The highest BCUT2D eigenvalue weighted by atomic mass is 16.1. The monoisotopic (exact) mass is 445 g/mol. The van der Waals surface area contributed by atoms with Gasteiger partial charge in [-0.1, -0.05) is 55.5 Å². The van der Waals surface area contributed by atoms with Gasteiger partial charge >= 0.3 is 0 Å². The summed E-state index contributed by atoms with van der Waals surface area (Å²) in [4.78, 5) is 15.0. The van der Waals surface area contributed by atoms with Gasteiger partial charge in [0, 0.05) is 11.6 Å². The first-order valence-electron chi connectivity index (χ1n) is 12.2. The molecule has 33 heavy (non-hydrogen) atoms. The zero-order chi connectivity index (χ0) is 23.6. The van der Waals surface area contributed by atoms with Crippen molar-refractivity contribution in [2.45, 2.75) is 45.4 Å². The van der Waals surface area contributed by atoms with Crippen molar-refractivity contribution in [3.05, 3.63) is 77.4 Å². The number of anilines is 1. The van der Waals surface area contributed by atoms with E-state index in [1.807, 2.05) is 19.1 Å². The molecule has 0 aliphatic carbocycles. The zero-order valence-corrected chi connectivity index (χ0v) is 20.4. The largest absolute Gasteiger partial charge is 0.330 e.